The Kier molecular flexibility index (Phi) is 12.3. The first-order valence-corrected chi connectivity index (χ1v) is 12.0. The molecule has 1 heterocycles. The Bertz CT molecular complexity index is 847. The predicted molar refractivity (Wildman–Crippen MR) is 125 cm³/mol. The summed E-state index contributed by atoms with van der Waals surface area (Å²) in [7, 11) is 0. The zero-order valence-corrected chi connectivity index (χ0v) is 19.9. The van der Waals surface area contributed by atoms with Crippen LogP contribution >= 0.6 is 0 Å². The van der Waals surface area contributed by atoms with Crippen molar-refractivity contribution in [3.63, 3.8) is 0 Å². The maximum atomic E-state index is 6.01. The van der Waals surface area contributed by atoms with Gasteiger partial charge in [0.1, 0.15) is 6.54 Å². The van der Waals surface area contributed by atoms with Crippen LogP contribution in [-0.2, 0) is 18.0 Å². The molecule has 170 valence electrons. The molecule has 0 radical (unpaired) electrons. The van der Waals surface area contributed by atoms with Crippen molar-refractivity contribution in [3.05, 3.63) is 66.5 Å². The Morgan fingerprint density at radius 3 is 2.06 bits per heavy atom. The SMILES string of the molecule is CCCCCCCCCCCCOCn1c[n+](Cc2ccccc2)c2ccccc21.[Cl-]. The highest BCUT2D eigenvalue weighted by atomic mass is 35.5. The third kappa shape index (κ3) is 8.66. The van der Waals surface area contributed by atoms with E-state index in [1.165, 1.54) is 80.8 Å². The fraction of sp³-hybridized carbons (Fsp3) is 0.519. The second-order valence-corrected chi connectivity index (χ2v) is 8.41. The van der Waals surface area contributed by atoms with Gasteiger partial charge in [0.05, 0.1) is 6.61 Å². The molecule has 1 aromatic heterocycles. The number of nitrogens with zero attached hydrogens (tertiary/aromatic N) is 2. The molecule has 0 amide bonds. The zero-order valence-electron chi connectivity index (χ0n) is 19.1. The second kappa shape index (κ2) is 15.0. The van der Waals surface area contributed by atoms with Gasteiger partial charge >= 0.3 is 0 Å². The maximum absolute atomic E-state index is 6.01. The first kappa shape index (κ1) is 25.4. The molecule has 3 nitrogen and oxygen atoms in total. The van der Waals surface area contributed by atoms with E-state index in [1.54, 1.807) is 0 Å². The highest BCUT2D eigenvalue weighted by Crippen LogP contribution is 2.13. The van der Waals surface area contributed by atoms with E-state index in [9.17, 15) is 0 Å². The van der Waals surface area contributed by atoms with Crippen molar-refractivity contribution in [1.29, 1.82) is 0 Å². The number of benzene rings is 2. The van der Waals surface area contributed by atoms with Crippen LogP contribution in [0.15, 0.2) is 60.9 Å². The molecule has 3 aromatic rings. The largest absolute Gasteiger partial charge is 1.00 e. The van der Waals surface area contributed by atoms with Crippen molar-refractivity contribution < 1.29 is 21.7 Å². The van der Waals surface area contributed by atoms with Crippen molar-refractivity contribution in [2.24, 2.45) is 0 Å². The van der Waals surface area contributed by atoms with E-state index in [-0.39, 0.29) is 12.4 Å². The third-order valence-electron chi connectivity index (χ3n) is 5.85. The summed E-state index contributed by atoms with van der Waals surface area (Å²) in [4.78, 5) is 0. The minimum absolute atomic E-state index is 0. The van der Waals surface area contributed by atoms with Crippen molar-refractivity contribution in [1.82, 2.24) is 4.57 Å². The third-order valence-corrected chi connectivity index (χ3v) is 5.85. The van der Waals surface area contributed by atoms with Crippen LogP contribution in [0.5, 0.6) is 0 Å². The number of ether oxygens (including phenoxy) is 1. The first-order valence-electron chi connectivity index (χ1n) is 12.0. The highest BCUT2D eigenvalue weighted by Gasteiger charge is 2.15. The van der Waals surface area contributed by atoms with Crippen molar-refractivity contribution in [2.45, 2.75) is 84.4 Å². The van der Waals surface area contributed by atoms with Crippen molar-refractivity contribution in [2.75, 3.05) is 6.61 Å². The smallest absolute Gasteiger partial charge is 0.246 e. The van der Waals surface area contributed by atoms with Crippen molar-refractivity contribution in [3.8, 4) is 0 Å². The molecule has 4 heteroatoms. The Balaban J connectivity index is 0.00000341. The van der Waals surface area contributed by atoms with Crippen LogP contribution in [0.1, 0.15) is 76.7 Å². The van der Waals surface area contributed by atoms with Crippen molar-refractivity contribution >= 4 is 11.0 Å². The van der Waals surface area contributed by atoms with E-state index in [4.69, 9.17) is 4.74 Å². The van der Waals surface area contributed by atoms with Crippen LogP contribution in [-0.4, -0.2) is 11.2 Å². The number of rotatable bonds is 15. The monoisotopic (exact) mass is 442 g/mol. The molecule has 0 aliphatic carbocycles. The molecule has 0 saturated carbocycles. The lowest BCUT2D eigenvalue weighted by Gasteiger charge is -2.03. The second-order valence-electron chi connectivity index (χ2n) is 8.41. The van der Waals surface area contributed by atoms with Gasteiger partial charge < -0.3 is 17.1 Å². The van der Waals surface area contributed by atoms with Gasteiger partial charge in [-0.05, 0) is 24.1 Å². The van der Waals surface area contributed by atoms with E-state index < -0.39 is 0 Å². The number of imidazole rings is 1. The van der Waals surface area contributed by atoms with Gasteiger partial charge in [-0.15, -0.1) is 0 Å². The molecule has 0 bridgehead atoms. The number of unbranched alkanes of at least 4 members (excludes halogenated alkanes) is 9. The quantitative estimate of drug-likeness (QED) is 0.258. The Morgan fingerprint density at radius 2 is 1.35 bits per heavy atom. The highest BCUT2D eigenvalue weighted by molar-refractivity contribution is 5.71. The van der Waals surface area contributed by atoms with Crippen LogP contribution in [0.4, 0.5) is 0 Å². The molecule has 0 saturated heterocycles. The number of para-hydroxylation sites is 2. The van der Waals surface area contributed by atoms with E-state index in [2.05, 4.69) is 77.0 Å². The molecule has 0 aliphatic rings. The normalized spacial score (nSPS) is 11.0. The Labute approximate surface area is 194 Å². The van der Waals surface area contributed by atoms with Gasteiger partial charge in [-0.25, -0.2) is 9.13 Å². The average Bonchev–Trinajstić information content (AvgIpc) is 3.13. The topological polar surface area (TPSA) is 18.0 Å². The lowest BCUT2D eigenvalue weighted by molar-refractivity contribution is -0.663. The van der Waals surface area contributed by atoms with Crippen LogP contribution in [0, 0.1) is 0 Å². The lowest BCUT2D eigenvalue weighted by atomic mass is 10.1. The first-order chi connectivity index (χ1) is 14.9. The molecule has 2 aromatic carbocycles. The maximum Gasteiger partial charge on any atom is 0.246 e. The minimum Gasteiger partial charge on any atom is -1.00 e. The van der Waals surface area contributed by atoms with Crippen LogP contribution < -0.4 is 17.0 Å². The van der Waals surface area contributed by atoms with Gasteiger partial charge in [0, 0.05) is 0 Å². The van der Waals surface area contributed by atoms with Gasteiger partial charge in [-0.1, -0.05) is 107 Å². The van der Waals surface area contributed by atoms with E-state index in [0.29, 0.717) is 6.73 Å². The summed E-state index contributed by atoms with van der Waals surface area (Å²) in [6.07, 6.45) is 15.8. The van der Waals surface area contributed by atoms with Crippen LogP contribution in [0.2, 0.25) is 0 Å². The Hall–Kier alpha value is -1.84. The Morgan fingerprint density at radius 1 is 0.742 bits per heavy atom. The van der Waals surface area contributed by atoms with E-state index in [1.807, 2.05) is 0 Å². The van der Waals surface area contributed by atoms with E-state index >= 15 is 0 Å². The molecule has 0 fully saturated rings. The molecular weight excluding hydrogens is 404 g/mol. The van der Waals surface area contributed by atoms with E-state index in [0.717, 1.165) is 13.2 Å². The summed E-state index contributed by atoms with van der Waals surface area (Å²) in [6, 6.07) is 19.2. The minimum atomic E-state index is 0. The average molecular weight is 443 g/mol. The number of halogens is 1. The molecule has 0 spiro atoms. The molecule has 3 rings (SSSR count). The summed E-state index contributed by atoms with van der Waals surface area (Å²) >= 11 is 0. The van der Waals surface area contributed by atoms with Gasteiger partial charge in [-0.2, -0.15) is 0 Å². The fourth-order valence-corrected chi connectivity index (χ4v) is 4.11. The van der Waals surface area contributed by atoms with Gasteiger partial charge in [0.15, 0.2) is 17.8 Å². The number of hydrogen-bond acceptors (Lipinski definition) is 1. The number of fused-ring (bicyclic) bond motifs is 1. The summed E-state index contributed by atoms with van der Waals surface area (Å²) in [5.41, 5.74) is 3.80. The molecular formula is C27H39ClN2O. The number of hydrogen-bond donors (Lipinski definition) is 0. The van der Waals surface area contributed by atoms with Gasteiger partial charge in [-0.3, -0.25) is 0 Å². The zero-order chi connectivity index (χ0) is 20.9. The van der Waals surface area contributed by atoms with Gasteiger partial charge in [0.25, 0.3) is 0 Å². The summed E-state index contributed by atoms with van der Waals surface area (Å²) in [6.45, 7) is 4.64. The molecule has 0 atom stereocenters. The lowest BCUT2D eigenvalue weighted by Crippen LogP contribution is -3.00. The molecule has 31 heavy (non-hydrogen) atoms. The molecule has 0 N–H and O–H groups in total. The summed E-state index contributed by atoms with van der Waals surface area (Å²) in [5, 5.41) is 0. The standard InChI is InChI=1S/C27H39N2O.ClH/c1-2-3-4-5-6-7-8-9-10-16-21-30-24-29-23-28(22-25-17-12-11-13-18-25)26-19-14-15-20-27(26)29;/h11-15,17-20,23H,2-10,16,21-22,24H2,1H3;1H/q+1;/p-1. The van der Waals surface area contributed by atoms with Crippen LogP contribution in [0.25, 0.3) is 11.0 Å². The number of aromatic nitrogens is 2. The fourth-order valence-electron chi connectivity index (χ4n) is 4.11. The van der Waals surface area contributed by atoms with Gasteiger partial charge in [0.2, 0.25) is 6.33 Å². The predicted octanol–water partition coefficient (Wildman–Crippen LogP) is 3.88. The molecule has 0 unspecified atom stereocenters. The summed E-state index contributed by atoms with van der Waals surface area (Å²) in [5.74, 6) is 0. The summed E-state index contributed by atoms with van der Waals surface area (Å²) < 4.78 is 10.6. The van der Waals surface area contributed by atoms with Crippen LogP contribution in [0.3, 0.4) is 0 Å². The molecule has 0 aliphatic heterocycles.